The SMILES string of the molecule is O=C(O)C1CC(=O)N(c2ncccc2Br)C1. The van der Waals surface area contributed by atoms with Crippen LogP contribution in [0.25, 0.3) is 0 Å². The third-order valence-electron chi connectivity index (χ3n) is 2.47. The lowest BCUT2D eigenvalue weighted by molar-refractivity contribution is -0.141. The minimum Gasteiger partial charge on any atom is -0.481 e. The van der Waals surface area contributed by atoms with Gasteiger partial charge in [-0.3, -0.25) is 14.5 Å². The van der Waals surface area contributed by atoms with Crippen LogP contribution in [0.3, 0.4) is 0 Å². The summed E-state index contributed by atoms with van der Waals surface area (Å²) in [6.45, 7) is 0.184. The zero-order valence-electron chi connectivity index (χ0n) is 8.26. The number of carboxylic acids is 1. The minimum atomic E-state index is -0.942. The molecule has 0 saturated carbocycles. The van der Waals surface area contributed by atoms with Crippen molar-refractivity contribution in [1.82, 2.24) is 4.98 Å². The van der Waals surface area contributed by atoms with Gasteiger partial charge in [-0.2, -0.15) is 0 Å². The lowest BCUT2D eigenvalue weighted by Gasteiger charge is -2.15. The van der Waals surface area contributed by atoms with Crippen molar-refractivity contribution in [2.24, 2.45) is 5.92 Å². The number of hydrogen-bond donors (Lipinski definition) is 1. The van der Waals surface area contributed by atoms with Crippen LogP contribution >= 0.6 is 15.9 Å². The fourth-order valence-electron chi connectivity index (χ4n) is 1.65. The summed E-state index contributed by atoms with van der Waals surface area (Å²) < 4.78 is 0.689. The maximum Gasteiger partial charge on any atom is 0.308 e. The standard InChI is InChI=1S/C10H9BrN2O3/c11-7-2-1-3-12-9(7)13-5-6(10(15)16)4-8(13)14/h1-3,6H,4-5H2,(H,15,16). The predicted molar refractivity (Wildman–Crippen MR) is 60.0 cm³/mol. The van der Waals surface area contributed by atoms with E-state index in [2.05, 4.69) is 20.9 Å². The Morgan fingerprint density at radius 3 is 2.94 bits per heavy atom. The van der Waals surface area contributed by atoms with Gasteiger partial charge in [-0.1, -0.05) is 0 Å². The van der Waals surface area contributed by atoms with Crippen LogP contribution in [0, 0.1) is 5.92 Å². The summed E-state index contributed by atoms with van der Waals surface area (Å²) in [7, 11) is 0. The van der Waals surface area contributed by atoms with Gasteiger partial charge in [-0.25, -0.2) is 4.98 Å². The van der Waals surface area contributed by atoms with Crippen LogP contribution in [0.2, 0.25) is 0 Å². The van der Waals surface area contributed by atoms with Crippen LogP contribution in [-0.2, 0) is 9.59 Å². The summed E-state index contributed by atoms with van der Waals surface area (Å²) in [6.07, 6.45) is 1.61. The van der Waals surface area contributed by atoms with E-state index in [9.17, 15) is 9.59 Å². The average molecular weight is 285 g/mol. The highest BCUT2D eigenvalue weighted by Crippen LogP contribution is 2.29. The van der Waals surface area contributed by atoms with Crippen molar-refractivity contribution in [3.63, 3.8) is 0 Å². The molecule has 6 heteroatoms. The molecule has 1 aromatic heterocycles. The topological polar surface area (TPSA) is 70.5 Å². The van der Waals surface area contributed by atoms with E-state index >= 15 is 0 Å². The number of aromatic nitrogens is 1. The first-order valence-corrected chi connectivity index (χ1v) is 5.52. The van der Waals surface area contributed by atoms with E-state index in [1.54, 1.807) is 18.3 Å². The second-order valence-corrected chi connectivity index (χ2v) is 4.41. The molecule has 1 aliphatic rings. The van der Waals surface area contributed by atoms with Crippen LogP contribution < -0.4 is 4.90 Å². The third kappa shape index (κ3) is 1.92. The maximum absolute atomic E-state index is 11.6. The number of aliphatic carboxylic acids is 1. The van der Waals surface area contributed by atoms with Gasteiger partial charge < -0.3 is 5.11 Å². The average Bonchev–Trinajstić information content (AvgIpc) is 2.61. The summed E-state index contributed by atoms with van der Waals surface area (Å²) in [4.78, 5) is 27.9. The zero-order valence-corrected chi connectivity index (χ0v) is 9.85. The van der Waals surface area contributed by atoms with E-state index in [4.69, 9.17) is 5.11 Å². The monoisotopic (exact) mass is 284 g/mol. The molecule has 1 saturated heterocycles. The molecule has 5 nitrogen and oxygen atoms in total. The minimum absolute atomic E-state index is 0.0400. The van der Waals surface area contributed by atoms with Gasteiger partial charge >= 0.3 is 5.97 Å². The molecule has 1 amide bonds. The van der Waals surface area contributed by atoms with Crippen molar-refractivity contribution in [3.8, 4) is 0 Å². The Bertz CT molecular complexity index is 449. The van der Waals surface area contributed by atoms with Crippen molar-refractivity contribution in [1.29, 1.82) is 0 Å². The van der Waals surface area contributed by atoms with Crippen LogP contribution in [0.15, 0.2) is 22.8 Å². The maximum atomic E-state index is 11.6. The number of carboxylic acid groups (broad SMARTS) is 1. The van der Waals surface area contributed by atoms with E-state index in [0.29, 0.717) is 10.3 Å². The number of amides is 1. The largest absolute Gasteiger partial charge is 0.481 e. The molecule has 2 heterocycles. The van der Waals surface area contributed by atoms with Crippen molar-refractivity contribution in [2.75, 3.05) is 11.4 Å². The molecular weight excluding hydrogens is 276 g/mol. The molecule has 1 N–H and O–H groups in total. The molecule has 0 bridgehead atoms. The quantitative estimate of drug-likeness (QED) is 0.888. The Morgan fingerprint density at radius 1 is 1.62 bits per heavy atom. The Hall–Kier alpha value is -1.43. The van der Waals surface area contributed by atoms with Crippen LogP contribution in [0.5, 0.6) is 0 Å². The Balaban J connectivity index is 2.27. The van der Waals surface area contributed by atoms with E-state index < -0.39 is 11.9 Å². The van der Waals surface area contributed by atoms with Crippen LogP contribution in [-0.4, -0.2) is 28.5 Å². The van der Waals surface area contributed by atoms with Crippen molar-refractivity contribution >= 4 is 33.6 Å². The van der Waals surface area contributed by atoms with Gasteiger partial charge in [0, 0.05) is 19.2 Å². The van der Waals surface area contributed by atoms with E-state index in [1.165, 1.54) is 4.90 Å². The van der Waals surface area contributed by atoms with Gasteiger partial charge in [0.15, 0.2) is 0 Å². The molecule has 16 heavy (non-hydrogen) atoms. The number of carbonyl (C=O) groups is 2. The summed E-state index contributed by atoms with van der Waals surface area (Å²) >= 11 is 3.29. The molecule has 1 fully saturated rings. The fourth-order valence-corrected chi connectivity index (χ4v) is 2.12. The Morgan fingerprint density at radius 2 is 2.38 bits per heavy atom. The fraction of sp³-hybridized carbons (Fsp3) is 0.300. The first-order valence-electron chi connectivity index (χ1n) is 4.73. The second-order valence-electron chi connectivity index (χ2n) is 3.55. The van der Waals surface area contributed by atoms with Gasteiger partial charge in [0.2, 0.25) is 5.91 Å². The normalized spacial score (nSPS) is 20.2. The number of hydrogen-bond acceptors (Lipinski definition) is 3. The number of carbonyl (C=O) groups excluding carboxylic acids is 1. The number of rotatable bonds is 2. The molecule has 0 spiro atoms. The first-order chi connectivity index (χ1) is 7.59. The van der Waals surface area contributed by atoms with E-state index in [1.807, 2.05) is 0 Å². The van der Waals surface area contributed by atoms with E-state index in [-0.39, 0.29) is 18.9 Å². The van der Waals surface area contributed by atoms with Gasteiger partial charge in [0.05, 0.1) is 10.4 Å². The zero-order chi connectivity index (χ0) is 11.7. The third-order valence-corrected chi connectivity index (χ3v) is 3.09. The lowest BCUT2D eigenvalue weighted by atomic mass is 10.1. The highest BCUT2D eigenvalue weighted by atomic mass is 79.9. The van der Waals surface area contributed by atoms with Crippen molar-refractivity contribution in [2.45, 2.75) is 6.42 Å². The number of pyridine rings is 1. The summed E-state index contributed by atoms with van der Waals surface area (Å²) in [5, 5.41) is 8.85. The molecule has 1 unspecified atom stereocenters. The van der Waals surface area contributed by atoms with Gasteiger partial charge in [0.1, 0.15) is 5.82 Å². The molecule has 0 aliphatic carbocycles. The highest BCUT2D eigenvalue weighted by Gasteiger charge is 2.36. The van der Waals surface area contributed by atoms with Crippen molar-refractivity contribution in [3.05, 3.63) is 22.8 Å². The van der Waals surface area contributed by atoms with Crippen LogP contribution in [0.1, 0.15) is 6.42 Å². The Labute approximate surface area is 100 Å². The first kappa shape index (κ1) is 11.1. The molecule has 84 valence electrons. The van der Waals surface area contributed by atoms with Crippen molar-refractivity contribution < 1.29 is 14.7 Å². The molecule has 2 rings (SSSR count). The molecule has 0 aromatic carbocycles. The smallest absolute Gasteiger partial charge is 0.308 e. The predicted octanol–water partition coefficient (Wildman–Crippen LogP) is 1.28. The number of halogens is 1. The van der Waals surface area contributed by atoms with Gasteiger partial charge in [-0.15, -0.1) is 0 Å². The molecule has 1 aliphatic heterocycles. The summed E-state index contributed by atoms with van der Waals surface area (Å²) in [5.41, 5.74) is 0. The molecule has 1 aromatic rings. The number of nitrogens with zero attached hydrogens (tertiary/aromatic N) is 2. The summed E-state index contributed by atoms with van der Waals surface area (Å²) in [5.74, 6) is -1.30. The lowest BCUT2D eigenvalue weighted by Crippen LogP contribution is -2.26. The Kier molecular flexibility index (Phi) is 2.91. The van der Waals surface area contributed by atoms with Crippen LogP contribution in [0.4, 0.5) is 5.82 Å². The summed E-state index contributed by atoms with van der Waals surface area (Å²) in [6, 6.07) is 3.51. The van der Waals surface area contributed by atoms with Gasteiger partial charge in [-0.05, 0) is 28.1 Å². The van der Waals surface area contributed by atoms with Gasteiger partial charge in [0.25, 0.3) is 0 Å². The molecule has 1 atom stereocenters. The molecule has 0 radical (unpaired) electrons. The highest BCUT2D eigenvalue weighted by molar-refractivity contribution is 9.10. The second kappa shape index (κ2) is 4.21. The number of anilines is 1. The molecular formula is C10H9BrN2O3. The van der Waals surface area contributed by atoms with E-state index in [0.717, 1.165) is 0 Å².